The lowest BCUT2D eigenvalue weighted by Gasteiger charge is -2.40. The zero-order chi connectivity index (χ0) is 21.4. The number of rotatable bonds is 4. The highest BCUT2D eigenvalue weighted by Crippen LogP contribution is 2.30. The van der Waals surface area contributed by atoms with Crippen molar-refractivity contribution in [3.8, 4) is 5.88 Å². The van der Waals surface area contributed by atoms with Crippen molar-refractivity contribution < 1.29 is 22.3 Å². The van der Waals surface area contributed by atoms with E-state index in [2.05, 4.69) is 20.6 Å². The van der Waals surface area contributed by atoms with Gasteiger partial charge in [0, 0.05) is 12.7 Å². The lowest BCUT2D eigenvalue weighted by molar-refractivity contribution is 0.102. The molecule has 1 fully saturated rings. The van der Waals surface area contributed by atoms with Crippen molar-refractivity contribution in [2.45, 2.75) is 12.5 Å². The van der Waals surface area contributed by atoms with Crippen LogP contribution >= 0.6 is 0 Å². The van der Waals surface area contributed by atoms with Gasteiger partial charge in [-0.1, -0.05) is 0 Å². The second-order valence-electron chi connectivity index (χ2n) is 6.66. The molecule has 1 aromatic heterocycles. The largest absolute Gasteiger partial charge is 0.480 e. The summed E-state index contributed by atoms with van der Waals surface area (Å²) in [5.74, 6) is -1.79. The van der Waals surface area contributed by atoms with Crippen molar-refractivity contribution in [1.29, 1.82) is 5.41 Å². The maximum atomic E-state index is 14.2. The van der Waals surface area contributed by atoms with Gasteiger partial charge in [-0.25, -0.2) is 27.1 Å². The first-order valence-electron chi connectivity index (χ1n) is 8.36. The molecule has 12 heteroatoms. The molecule has 3 N–H and O–H groups in total. The molecule has 0 radical (unpaired) electrons. The third-order valence-electron chi connectivity index (χ3n) is 4.46. The minimum Gasteiger partial charge on any atom is -0.480 e. The average Bonchev–Trinajstić information content (AvgIpc) is 2.65. The Bertz CT molecular complexity index is 1080. The molecule has 3 rings (SSSR count). The Balaban J connectivity index is 1.90. The fourth-order valence-corrected chi connectivity index (χ4v) is 4.33. The van der Waals surface area contributed by atoms with Gasteiger partial charge < -0.3 is 15.4 Å². The molecule has 2 heterocycles. The minimum absolute atomic E-state index is 0.00963. The monoisotopic (exact) mass is 422 g/mol. The van der Waals surface area contributed by atoms with Crippen LogP contribution in [0, 0.1) is 11.2 Å². The number of carbonyl (C=O) groups is 1. The van der Waals surface area contributed by atoms with Crippen molar-refractivity contribution in [2.75, 3.05) is 25.2 Å². The molecular formula is C17H19FN6O4S. The molecule has 2 aromatic rings. The smallest absolute Gasteiger partial charge is 0.275 e. The number of guanidine groups is 1. The van der Waals surface area contributed by atoms with E-state index in [0.29, 0.717) is 0 Å². The van der Waals surface area contributed by atoms with Crippen LogP contribution in [0.15, 0.2) is 30.6 Å². The third kappa shape index (κ3) is 4.11. The summed E-state index contributed by atoms with van der Waals surface area (Å²) in [6.45, 7) is 1.54. The van der Waals surface area contributed by atoms with E-state index in [0.717, 1.165) is 16.4 Å². The number of hydrogen-bond donors (Lipinski definition) is 3. The number of ether oxygens (including phenoxy) is 1. The number of aromatic nitrogens is 2. The van der Waals surface area contributed by atoms with Gasteiger partial charge in [-0.15, -0.1) is 0 Å². The molecule has 1 aromatic carbocycles. The number of methoxy groups -OCH3 is 1. The first kappa shape index (κ1) is 20.5. The van der Waals surface area contributed by atoms with Crippen LogP contribution in [0.25, 0.3) is 0 Å². The minimum atomic E-state index is -3.76. The number of anilines is 1. The van der Waals surface area contributed by atoms with E-state index >= 15 is 0 Å². The van der Waals surface area contributed by atoms with Gasteiger partial charge in [-0.3, -0.25) is 10.2 Å². The molecule has 1 saturated heterocycles. The lowest BCUT2D eigenvalue weighted by Crippen LogP contribution is -2.60. The Kier molecular flexibility index (Phi) is 5.13. The molecule has 1 aliphatic rings. The van der Waals surface area contributed by atoms with Crippen LogP contribution in [0.5, 0.6) is 5.88 Å². The first-order chi connectivity index (χ1) is 13.5. The highest BCUT2D eigenvalue weighted by molar-refractivity contribution is 7.89. The first-order valence-corrected chi connectivity index (χ1v) is 9.97. The SMILES string of the molecule is COc1cnc(C(=O)Nc2cc(F)cc([C@]3(C)CS(=O)(=O)N(C)C(=N)N3)c2)cn1. The fourth-order valence-electron chi connectivity index (χ4n) is 2.85. The maximum Gasteiger partial charge on any atom is 0.275 e. The highest BCUT2D eigenvalue weighted by atomic mass is 32.2. The van der Waals surface area contributed by atoms with Crippen LogP contribution in [-0.2, 0) is 15.6 Å². The summed E-state index contributed by atoms with van der Waals surface area (Å²) in [5.41, 5.74) is -0.905. The van der Waals surface area contributed by atoms with E-state index < -0.39 is 27.3 Å². The average molecular weight is 422 g/mol. The van der Waals surface area contributed by atoms with E-state index in [4.69, 9.17) is 10.1 Å². The zero-order valence-corrected chi connectivity index (χ0v) is 16.7. The number of nitrogens with one attached hydrogen (secondary N) is 3. The molecule has 10 nitrogen and oxygen atoms in total. The summed E-state index contributed by atoms with van der Waals surface area (Å²) >= 11 is 0. The van der Waals surface area contributed by atoms with Gasteiger partial charge in [0.15, 0.2) is 0 Å². The molecule has 1 amide bonds. The van der Waals surface area contributed by atoms with Gasteiger partial charge in [-0.05, 0) is 30.7 Å². The summed E-state index contributed by atoms with van der Waals surface area (Å²) in [7, 11) is -1.08. The van der Waals surface area contributed by atoms with Crippen molar-refractivity contribution in [2.24, 2.45) is 0 Å². The number of amides is 1. The number of halogens is 1. The van der Waals surface area contributed by atoms with Crippen LogP contribution in [0.1, 0.15) is 23.0 Å². The molecule has 0 bridgehead atoms. The van der Waals surface area contributed by atoms with Crippen molar-refractivity contribution >= 4 is 27.6 Å². The van der Waals surface area contributed by atoms with Gasteiger partial charge in [0.1, 0.15) is 11.5 Å². The molecule has 29 heavy (non-hydrogen) atoms. The quantitative estimate of drug-likeness (QED) is 0.665. The summed E-state index contributed by atoms with van der Waals surface area (Å²) in [5, 5.41) is 13.2. The number of nitrogens with zero attached hydrogens (tertiary/aromatic N) is 3. The molecule has 0 aliphatic carbocycles. The molecule has 1 aliphatic heterocycles. The Morgan fingerprint density at radius 1 is 1.34 bits per heavy atom. The van der Waals surface area contributed by atoms with Gasteiger partial charge in [0.25, 0.3) is 5.91 Å². The predicted molar refractivity (Wildman–Crippen MR) is 103 cm³/mol. The van der Waals surface area contributed by atoms with Crippen LogP contribution in [0.2, 0.25) is 0 Å². The van der Waals surface area contributed by atoms with Gasteiger partial charge >= 0.3 is 0 Å². The summed E-state index contributed by atoms with van der Waals surface area (Å²) in [6, 6.07) is 3.69. The van der Waals surface area contributed by atoms with Crippen LogP contribution < -0.4 is 15.4 Å². The van der Waals surface area contributed by atoms with E-state index in [1.165, 1.54) is 32.6 Å². The third-order valence-corrected chi connectivity index (χ3v) is 6.42. The van der Waals surface area contributed by atoms with E-state index in [9.17, 15) is 17.6 Å². The lowest BCUT2D eigenvalue weighted by atomic mass is 9.93. The standard InChI is InChI=1S/C17H19FN6O4S/c1-17(9-29(26,27)24(2)16(19)23-17)10-4-11(18)6-12(5-10)22-15(25)13-7-21-14(28-3)8-20-13/h4-8H,9H2,1-3H3,(H2,19,23)(H,22,25)/t17-/m0/s1. The van der Waals surface area contributed by atoms with Gasteiger partial charge in [0.2, 0.25) is 21.9 Å². The molecule has 154 valence electrons. The Hall–Kier alpha value is -3.28. The molecule has 0 unspecified atom stereocenters. The van der Waals surface area contributed by atoms with Crippen molar-refractivity contribution in [1.82, 2.24) is 19.6 Å². The highest BCUT2D eigenvalue weighted by Gasteiger charge is 2.42. The zero-order valence-electron chi connectivity index (χ0n) is 15.9. The van der Waals surface area contributed by atoms with E-state index in [1.54, 1.807) is 6.92 Å². The topological polar surface area (TPSA) is 137 Å². The Morgan fingerprint density at radius 2 is 2.07 bits per heavy atom. The maximum absolute atomic E-state index is 14.2. The van der Waals surface area contributed by atoms with Gasteiger partial charge in [-0.2, -0.15) is 0 Å². The number of sulfonamides is 1. The number of hydrogen-bond acceptors (Lipinski definition) is 7. The Morgan fingerprint density at radius 3 is 2.66 bits per heavy atom. The predicted octanol–water partition coefficient (Wildman–Crippen LogP) is 0.891. The second-order valence-corrected chi connectivity index (χ2v) is 8.66. The van der Waals surface area contributed by atoms with Crippen molar-refractivity contribution in [3.05, 3.63) is 47.7 Å². The summed E-state index contributed by atoms with van der Waals surface area (Å²) < 4.78 is 44.6. The fraction of sp³-hybridized carbons (Fsp3) is 0.294. The van der Waals surface area contributed by atoms with Crippen LogP contribution in [0.4, 0.5) is 10.1 Å². The summed E-state index contributed by atoms with van der Waals surface area (Å²) in [4.78, 5) is 20.2. The Labute approximate surface area is 166 Å². The number of carbonyl (C=O) groups excluding carboxylic acids is 1. The van der Waals surface area contributed by atoms with Gasteiger partial charge in [0.05, 0.1) is 30.8 Å². The summed E-state index contributed by atoms with van der Waals surface area (Å²) in [6.07, 6.45) is 2.48. The molecule has 0 saturated carbocycles. The van der Waals surface area contributed by atoms with E-state index in [-0.39, 0.29) is 34.5 Å². The molecule has 0 spiro atoms. The van der Waals surface area contributed by atoms with Crippen molar-refractivity contribution in [3.63, 3.8) is 0 Å². The normalized spacial score (nSPS) is 20.7. The number of benzene rings is 1. The molecule has 1 atom stereocenters. The molecular weight excluding hydrogens is 403 g/mol. The second kappa shape index (κ2) is 7.28. The van der Waals surface area contributed by atoms with Crippen LogP contribution in [0.3, 0.4) is 0 Å². The van der Waals surface area contributed by atoms with E-state index in [1.807, 2.05) is 0 Å². The van der Waals surface area contributed by atoms with Crippen LogP contribution in [-0.4, -0.2) is 54.5 Å².